The number of ether oxygens (including phenoxy) is 1. The summed E-state index contributed by atoms with van der Waals surface area (Å²) >= 11 is 6.02. The maximum atomic E-state index is 13.5. The quantitative estimate of drug-likeness (QED) is 0.304. The Bertz CT molecular complexity index is 1790. The summed E-state index contributed by atoms with van der Waals surface area (Å²) in [5.74, 6) is -1.23. The van der Waals surface area contributed by atoms with E-state index in [-0.39, 0.29) is 45.6 Å². The molecule has 1 saturated carbocycles. The highest BCUT2D eigenvalue weighted by Gasteiger charge is 2.27. The number of nitrogens with zero attached hydrogens (tertiary/aromatic N) is 3. The average Bonchev–Trinajstić information content (AvgIpc) is 3.74. The van der Waals surface area contributed by atoms with Crippen LogP contribution < -0.4 is 20.3 Å². The van der Waals surface area contributed by atoms with Crippen molar-refractivity contribution >= 4 is 44.1 Å². The van der Waals surface area contributed by atoms with Crippen LogP contribution in [0.15, 0.2) is 64.7 Å². The molecule has 0 spiro atoms. The van der Waals surface area contributed by atoms with E-state index in [1.165, 1.54) is 24.1 Å². The van der Waals surface area contributed by atoms with Gasteiger partial charge >= 0.3 is 0 Å². The number of fused-ring (bicyclic) bond motifs is 1. The molecule has 0 radical (unpaired) electrons. The Kier molecular flexibility index (Phi) is 7.47. The number of pyridine rings is 1. The lowest BCUT2D eigenvalue weighted by molar-refractivity contribution is -0.124. The van der Waals surface area contributed by atoms with E-state index in [4.69, 9.17) is 16.3 Å². The van der Waals surface area contributed by atoms with Crippen LogP contribution in [0.3, 0.4) is 0 Å². The lowest BCUT2D eigenvalue weighted by Crippen LogP contribution is -2.32. The molecular formula is C27H25ClFN5O5S. The first-order chi connectivity index (χ1) is 19.1. The number of hydrogen-bond acceptors (Lipinski definition) is 7. The van der Waals surface area contributed by atoms with Crippen molar-refractivity contribution in [2.45, 2.75) is 37.3 Å². The molecular weight excluding hydrogens is 561 g/mol. The second kappa shape index (κ2) is 10.9. The fourth-order valence-corrected chi connectivity index (χ4v) is 5.69. The molecule has 2 aromatic carbocycles. The molecule has 0 aliphatic heterocycles. The van der Waals surface area contributed by atoms with E-state index in [0.29, 0.717) is 22.0 Å². The van der Waals surface area contributed by atoms with Gasteiger partial charge in [-0.15, -0.1) is 0 Å². The van der Waals surface area contributed by atoms with E-state index >= 15 is 0 Å². The summed E-state index contributed by atoms with van der Waals surface area (Å²) < 4.78 is 49.5. The predicted molar refractivity (Wildman–Crippen MR) is 148 cm³/mol. The van der Waals surface area contributed by atoms with E-state index in [1.54, 1.807) is 31.2 Å². The number of benzene rings is 2. The van der Waals surface area contributed by atoms with Crippen LogP contribution in [0.5, 0.6) is 5.88 Å². The molecule has 2 N–H and O–H groups in total. The van der Waals surface area contributed by atoms with Gasteiger partial charge in [0.25, 0.3) is 15.6 Å². The number of nitrogens with one attached hydrogen (secondary N) is 2. The molecule has 1 aliphatic carbocycles. The number of carbonyl (C=O) groups excluding carboxylic acids is 1. The first kappa shape index (κ1) is 27.5. The topological polar surface area (TPSA) is 132 Å². The summed E-state index contributed by atoms with van der Waals surface area (Å²) in [7, 11) is -2.70. The van der Waals surface area contributed by atoms with Gasteiger partial charge in [-0.05, 0) is 54.8 Å². The number of rotatable bonds is 9. The number of amides is 1. The molecule has 10 nitrogen and oxygen atoms in total. The molecule has 40 heavy (non-hydrogen) atoms. The average molecular weight is 586 g/mol. The largest absolute Gasteiger partial charge is 0.473 e. The summed E-state index contributed by atoms with van der Waals surface area (Å²) in [5, 5.41) is 2.61. The third kappa shape index (κ3) is 5.77. The second-order valence-corrected chi connectivity index (χ2v) is 11.6. The molecule has 1 fully saturated rings. The zero-order valence-corrected chi connectivity index (χ0v) is 23.1. The van der Waals surface area contributed by atoms with Gasteiger partial charge in [0.2, 0.25) is 11.8 Å². The van der Waals surface area contributed by atoms with Gasteiger partial charge in [-0.25, -0.2) is 22.8 Å². The summed E-state index contributed by atoms with van der Waals surface area (Å²) in [6, 6.07) is 9.59. The van der Waals surface area contributed by atoms with Crippen LogP contribution in [0.1, 0.15) is 19.8 Å². The molecule has 0 bridgehead atoms. The lowest BCUT2D eigenvalue weighted by atomic mass is 10.0. The van der Waals surface area contributed by atoms with Gasteiger partial charge in [0.05, 0.1) is 28.2 Å². The number of hydrogen-bond donors (Lipinski definition) is 2. The Labute approximate surface area is 234 Å². The van der Waals surface area contributed by atoms with Crippen LogP contribution in [-0.2, 0) is 21.4 Å². The molecule has 1 amide bonds. The van der Waals surface area contributed by atoms with Crippen molar-refractivity contribution in [2.75, 3.05) is 11.8 Å². The van der Waals surface area contributed by atoms with Gasteiger partial charge in [0.15, 0.2) is 0 Å². The Hall–Kier alpha value is -4.03. The molecule has 0 saturated heterocycles. The standard InChI is InChI=1S/C27H25ClFN5O5S/c1-15(25(35)30-2)13-34-14-32-22-7-3-16(9-20(22)27(34)36)17-10-23(26(31-12-17)39-19-5-6-19)33-40(37,38)24-8-4-18(29)11-21(24)28/h3-4,7-12,14-15,19,33H,5-6,13H2,1-2H3,(H,30,35)/t15-/m1/s1. The number of aromatic nitrogens is 3. The first-order valence-electron chi connectivity index (χ1n) is 12.4. The van der Waals surface area contributed by atoms with Crippen LogP contribution in [0, 0.1) is 11.7 Å². The zero-order valence-electron chi connectivity index (χ0n) is 21.5. The summed E-state index contributed by atoms with van der Waals surface area (Å²) in [6.45, 7) is 1.86. The summed E-state index contributed by atoms with van der Waals surface area (Å²) in [5.41, 5.74) is 1.28. The third-order valence-corrected chi connectivity index (χ3v) is 8.25. The van der Waals surface area contributed by atoms with Crippen molar-refractivity contribution in [3.63, 3.8) is 0 Å². The Morgan fingerprint density at radius 3 is 2.65 bits per heavy atom. The SMILES string of the molecule is CNC(=O)[C@H](C)Cn1cnc2ccc(-c3cnc(OC4CC4)c(NS(=O)(=O)c4ccc(F)cc4Cl)c3)cc2c1=O. The fraction of sp³-hybridized carbons (Fsp3) is 0.259. The fourth-order valence-electron chi connectivity index (χ4n) is 4.11. The second-order valence-electron chi connectivity index (χ2n) is 9.52. The highest BCUT2D eigenvalue weighted by atomic mass is 35.5. The summed E-state index contributed by atoms with van der Waals surface area (Å²) in [6.07, 6.45) is 4.50. The Morgan fingerprint density at radius 1 is 1.18 bits per heavy atom. The highest BCUT2D eigenvalue weighted by molar-refractivity contribution is 7.92. The smallest absolute Gasteiger partial charge is 0.263 e. The predicted octanol–water partition coefficient (Wildman–Crippen LogP) is 3.98. The van der Waals surface area contributed by atoms with Crippen molar-refractivity contribution in [3.05, 3.63) is 76.2 Å². The molecule has 0 unspecified atom stereocenters. The van der Waals surface area contributed by atoms with E-state index in [9.17, 15) is 22.4 Å². The monoisotopic (exact) mass is 585 g/mol. The van der Waals surface area contributed by atoms with E-state index in [1.807, 2.05) is 0 Å². The molecule has 4 aromatic rings. The van der Waals surface area contributed by atoms with E-state index in [0.717, 1.165) is 31.0 Å². The van der Waals surface area contributed by atoms with Crippen molar-refractivity contribution in [2.24, 2.45) is 5.92 Å². The van der Waals surface area contributed by atoms with Gasteiger partial charge in [0.1, 0.15) is 22.5 Å². The Morgan fingerprint density at radius 2 is 1.95 bits per heavy atom. The van der Waals surface area contributed by atoms with Crippen LogP contribution in [0.2, 0.25) is 5.02 Å². The van der Waals surface area contributed by atoms with E-state index < -0.39 is 21.8 Å². The zero-order chi connectivity index (χ0) is 28.6. The highest BCUT2D eigenvalue weighted by Crippen LogP contribution is 2.35. The van der Waals surface area contributed by atoms with Crippen molar-refractivity contribution in [1.29, 1.82) is 0 Å². The van der Waals surface area contributed by atoms with Crippen LogP contribution in [-0.4, -0.2) is 42.0 Å². The molecule has 13 heteroatoms. The molecule has 2 aromatic heterocycles. The number of sulfonamides is 1. The molecule has 2 heterocycles. The summed E-state index contributed by atoms with van der Waals surface area (Å²) in [4.78, 5) is 33.6. The van der Waals surface area contributed by atoms with Gasteiger partial charge in [0, 0.05) is 25.4 Å². The number of anilines is 1. The van der Waals surface area contributed by atoms with Crippen LogP contribution in [0.25, 0.3) is 22.0 Å². The van der Waals surface area contributed by atoms with Gasteiger partial charge < -0.3 is 10.1 Å². The molecule has 208 valence electrons. The van der Waals surface area contributed by atoms with Gasteiger partial charge in [-0.1, -0.05) is 24.6 Å². The maximum Gasteiger partial charge on any atom is 0.263 e. The lowest BCUT2D eigenvalue weighted by Gasteiger charge is -2.15. The minimum Gasteiger partial charge on any atom is -0.473 e. The van der Waals surface area contributed by atoms with Gasteiger partial charge in [-0.3, -0.25) is 18.9 Å². The van der Waals surface area contributed by atoms with Crippen molar-refractivity contribution in [1.82, 2.24) is 19.9 Å². The van der Waals surface area contributed by atoms with E-state index in [2.05, 4.69) is 20.0 Å². The van der Waals surface area contributed by atoms with Crippen LogP contribution >= 0.6 is 11.6 Å². The van der Waals surface area contributed by atoms with Crippen molar-refractivity contribution in [3.8, 4) is 17.0 Å². The first-order valence-corrected chi connectivity index (χ1v) is 14.3. The maximum absolute atomic E-state index is 13.5. The minimum absolute atomic E-state index is 0.0629. The van der Waals surface area contributed by atoms with Crippen molar-refractivity contribution < 1.29 is 22.3 Å². The molecule has 1 atom stereocenters. The molecule has 5 rings (SSSR count). The third-order valence-electron chi connectivity index (χ3n) is 6.40. The Balaban J connectivity index is 1.53. The number of carbonyl (C=O) groups is 1. The number of halogens is 2. The minimum atomic E-state index is -4.23. The molecule has 1 aliphatic rings. The van der Waals surface area contributed by atoms with Gasteiger partial charge in [-0.2, -0.15) is 0 Å². The normalized spacial score (nSPS) is 14.1. The van der Waals surface area contributed by atoms with Crippen LogP contribution in [0.4, 0.5) is 10.1 Å².